The zero-order chi connectivity index (χ0) is 28.5. The van der Waals surface area contributed by atoms with Crippen LogP contribution in [0.15, 0.2) is 59.1 Å². The van der Waals surface area contributed by atoms with Crippen molar-refractivity contribution in [2.24, 2.45) is 0 Å². The highest BCUT2D eigenvalue weighted by Gasteiger charge is 2.41. The number of carboxylic acids is 2. The number of ether oxygens (including phenoxy) is 2. The monoisotopic (exact) mass is 550 g/mol. The molecule has 0 amide bonds. The van der Waals surface area contributed by atoms with Crippen molar-refractivity contribution in [2.75, 3.05) is 20.3 Å². The van der Waals surface area contributed by atoms with E-state index in [1.165, 1.54) is 18.2 Å². The molecule has 2 fully saturated rings. The summed E-state index contributed by atoms with van der Waals surface area (Å²) in [5.74, 6) is -0.607. The largest absolute Gasteiger partial charge is 0.493 e. The number of fused-ring (bicyclic) bond motifs is 3. The maximum atomic E-state index is 10.7. The smallest absolute Gasteiger partial charge is 0.328 e. The van der Waals surface area contributed by atoms with Gasteiger partial charge >= 0.3 is 11.9 Å². The van der Waals surface area contributed by atoms with Crippen LogP contribution in [0.2, 0.25) is 0 Å². The quantitative estimate of drug-likeness (QED) is 0.200. The number of nitrogens with zero attached hydrogens (tertiary/aromatic N) is 2. The Kier molecular flexibility index (Phi) is 9.91. The fourth-order valence-electron chi connectivity index (χ4n) is 5.69. The third-order valence-electron chi connectivity index (χ3n) is 7.41. The van der Waals surface area contributed by atoms with Gasteiger partial charge in [-0.15, -0.1) is 0 Å². The van der Waals surface area contributed by atoms with E-state index >= 15 is 0 Å². The Morgan fingerprint density at radius 3 is 2.40 bits per heavy atom. The van der Waals surface area contributed by atoms with Crippen LogP contribution < -0.4 is 9.47 Å². The van der Waals surface area contributed by atoms with Crippen LogP contribution in [0.4, 0.5) is 0 Å². The number of carbonyl (C=O) groups excluding carboxylic acids is 1. The Bertz CT molecular complexity index is 1320. The molecular formula is C30H34N2O8. The van der Waals surface area contributed by atoms with Gasteiger partial charge in [-0.05, 0) is 61.9 Å². The van der Waals surface area contributed by atoms with Gasteiger partial charge in [0.2, 0.25) is 0 Å². The molecular weight excluding hydrogens is 516 g/mol. The van der Waals surface area contributed by atoms with Crippen molar-refractivity contribution in [2.45, 2.75) is 56.5 Å². The number of benzene rings is 2. The molecule has 3 heterocycles. The molecule has 10 nitrogen and oxygen atoms in total. The van der Waals surface area contributed by atoms with Crippen LogP contribution in [-0.2, 0) is 20.8 Å². The van der Waals surface area contributed by atoms with Gasteiger partial charge in [0.1, 0.15) is 6.29 Å². The van der Waals surface area contributed by atoms with Crippen molar-refractivity contribution in [3.8, 4) is 11.5 Å². The number of para-hydroxylation sites is 1. The van der Waals surface area contributed by atoms with Gasteiger partial charge in [-0.1, -0.05) is 23.4 Å². The van der Waals surface area contributed by atoms with Crippen LogP contribution in [0.3, 0.4) is 0 Å². The standard InChI is InChI=1S/C26H30N2O4.C4H4O4/c1-30-25-15-18(11-13-29)7-10-24(25)31-14-4-12-28-20-8-9-21(28)17-19(16-20)26-22-5-2-3-6-23(22)32-27-26;5-3(6)1-2-4(7)8/h2-3,5-7,10,13,15,19-21H,4,8-9,11-12,14,16-17H2,1H3;1-2H,(H,5,6)(H,7,8)/b;2-1+. The first-order valence-corrected chi connectivity index (χ1v) is 13.4. The minimum atomic E-state index is -1.26. The number of hydrogen-bond donors (Lipinski definition) is 2. The normalized spacial score (nSPS) is 20.2. The number of aliphatic carboxylic acids is 2. The zero-order valence-corrected chi connectivity index (χ0v) is 22.4. The number of rotatable bonds is 11. The molecule has 0 radical (unpaired) electrons. The van der Waals surface area contributed by atoms with E-state index in [9.17, 15) is 14.4 Å². The van der Waals surface area contributed by atoms with Gasteiger partial charge in [-0.25, -0.2) is 9.59 Å². The van der Waals surface area contributed by atoms with Crippen molar-refractivity contribution in [1.82, 2.24) is 10.1 Å². The third kappa shape index (κ3) is 7.26. The lowest BCUT2D eigenvalue weighted by Crippen LogP contribution is -2.43. The Morgan fingerprint density at radius 2 is 1.75 bits per heavy atom. The number of aromatic nitrogens is 1. The van der Waals surface area contributed by atoms with E-state index in [1.807, 2.05) is 30.3 Å². The van der Waals surface area contributed by atoms with Crippen LogP contribution in [0.25, 0.3) is 11.0 Å². The predicted octanol–water partition coefficient (Wildman–Crippen LogP) is 4.47. The predicted molar refractivity (Wildman–Crippen MR) is 147 cm³/mol. The summed E-state index contributed by atoms with van der Waals surface area (Å²) in [5, 5.41) is 21.2. The highest BCUT2D eigenvalue weighted by molar-refractivity contribution is 5.89. The highest BCUT2D eigenvalue weighted by atomic mass is 16.5. The third-order valence-corrected chi connectivity index (χ3v) is 7.41. The first kappa shape index (κ1) is 28.8. The molecule has 2 atom stereocenters. The molecule has 2 aliphatic heterocycles. The summed E-state index contributed by atoms with van der Waals surface area (Å²) >= 11 is 0. The lowest BCUT2D eigenvalue weighted by atomic mass is 9.87. The number of aldehydes is 1. The minimum absolute atomic E-state index is 0.388. The Morgan fingerprint density at radius 1 is 1.05 bits per heavy atom. The van der Waals surface area contributed by atoms with Crippen LogP contribution in [-0.4, -0.2) is 70.8 Å². The van der Waals surface area contributed by atoms with Crippen LogP contribution in [0.1, 0.15) is 49.3 Å². The van der Waals surface area contributed by atoms with Gasteiger partial charge in [-0.3, -0.25) is 4.90 Å². The van der Waals surface area contributed by atoms with Gasteiger partial charge in [0.25, 0.3) is 0 Å². The fourth-order valence-corrected chi connectivity index (χ4v) is 5.69. The fraction of sp³-hybridized carbons (Fsp3) is 0.400. The number of carboxylic acid groups (broad SMARTS) is 2. The van der Waals surface area contributed by atoms with Crippen LogP contribution >= 0.6 is 0 Å². The van der Waals surface area contributed by atoms with Crippen molar-refractivity contribution >= 4 is 29.2 Å². The number of hydrogen-bond acceptors (Lipinski definition) is 8. The maximum absolute atomic E-state index is 10.7. The van der Waals surface area contributed by atoms with Crippen molar-refractivity contribution in [3.63, 3.8) is 0 Å². The highest BCUT2D eigenvalue weighted by Crippen LogP contribution is 2.44. The molecule has 2 aromatic carbocycles. The molecule has 0 spiro atoms. The van der Waals surface area contributed by atoms with Crippen LogP contribution in [0, 0.1) is 0 Å². The summed E-state index contributed by atoms with van der Waals surface area (Å²) < 4.78 is 17.0. The van der Waals surface area contributed by atoms with Gasteiger partial charge in [0.05, 0.1) is 19.4 Å². The second-order valence-electron chi connectivity index (χ2n) is 9.92. The molecule has 0 saturated carbocycles. The molecule has 212 valence electrons. The SMILES string of the molecule is COc1cc(CC=O)ccc1OCCCN1C2CCC1CC(c1noc3ccccc13)C2.O=C(O)/C=C/C(=O)O. The van der Waals surface area contributed by atoms with E-state index in [0.29, 0.717) is 48.9 Å². The van der Waals surface area contributed by atoms with E-state index in [2.05, 4.69) is 22.2 Å². The van der Waals surface area contributed by atoms with E-state index in [4.69, 9.17) is 24.2 Å². The zero-order valence-electron chi connectivity index (χ0n) is 22.4. The second-order valence-corrected chi connectivity index (χ2v) is 9.92. The van der Waals surface area contributed by atoms with Crippen molar-refractivity contribution in [3.05, 3.63) is 65.9 Å². The average Bonchev–Trinajstić information content (AvgIpc) is 3.48. The maximum Gasteiger partial charge on any atom is 0.328 e. The first-order chi connectivity index (χ1) is 19.4. The molecule has 2 bridgehead atoms. The summed E-state index contributed by atoms with van der Waals surface area (Å²) in [5.41, 5.74) is 2.97. The lowest BCUT2D eigenvalue weighted by Gasteiger charge is -2.38. The molecule has 2 aliphatic rings. The van der Waals surface area contributed by atoms with Gasteiger partial charge in [-0.2, -0.15) is 0 Å². The first-order valence-electron chi connectivity index (χ1n) is 13.4. The summed E-state index contributed by atoms with van der Waals surface area (Å²) in [6.07, 6.45) is 8.22. The molecule has 10 heteroatoms. The van der Waals surface area contributed by atoms with Gasteiger partial charge in [0.15, 0.2) is 17.1 Å². The molecule has 1 aromatic heterocycles. The number of carbonyl (C=O) groups is 3. The Balaban J connectivity index is 0.000000406. The summed E-state index contributed by atoms with van der Waals surface area (Å²) in [4.78, 5) is 32.5. The molecule has 5 rings (SSSR count). The number of piperidine rings is 1. The lowest BCUT2D eigenvalue weighted by molar-refractivity contribution is -0.134. The molecule has 2 saturated heterocycles. The Hall–Kier alpha value is -4.18. The Labute approximate surface area is 232 Å². The summed E-state index contributed by atoms with van der Waals surface area (Å²) in [7, 11) is 1.63. The van der Waals surface area contributed by atoms with E-state index in [0.717, 1.165) is 54.7 Å². The van der Waals surface area contributed by atoms with Gasteiger partial charge < -0.3 is 29.0 Å². The van der Waals surface area contributed by atoms with Crippen LogP contribution in [0.5, 0.6) is 11.5 Å². The summed E-state index contributed by atoms with van der Waals surface area (Å²) in [6.45, 7) is 1.70. The second kappa shape index (κ2) is 13.7. The molecule has 3 aromatic rings. The molecule has 2 N–H and O–H groups in total. The average molecular weight is 551 g/mol. The van der Waals surface area contributed by atoms with E-state index < -0.39 is 11.9 Å². The topological polar surface area (TPSA) is 139 Å². The number of methoxy groups -OCH3 is 1. The minimum Gasteiger partial charge on any atom is -0.493 e. The molecule has 0 aliphatic carbocycles. The van der Waals surface area contributed by atoms with Crippen molar-refractivity contribution in [1.29, 1.82) is 0 Å². The van der Waals surface area contributed by atoms with E-state index in [-0.39, 0.29) is 0 Å². The van der Waals surface area contributed by atoms with Gasteiger partial charge in [0, 0.05) is 48.5 Å². The summed E-state index contributed by atoms with van der Waals surface area (Å²) in [6, 6.07) is 15.1. The molecule has 40 heavy (non-hydrogen) atoms. The molecule has 2 unspecified atom stereocenters. The van der Waals surface area contributed by atoms with Crippen molar-refractivity contribution < 1.29 is 38.6 Å². The van der Waals surface area contributed by atoms with E-state index in [1.54, 1.807) is 7.11 Å².